The van der Waals surface area contributed by atoms with E-state index >= 15 is 0 Å². The number of carbonyl (C=O) groups excluding carboxylic acids is 1. The number of oxazole rings is 1. The van der Waals surface area contributed by atoms with Crippen molar-refractivity contribution in [3.63, 3.8) is 0 Å². The first-order valence-corrected chi connectivity index (χ1v) is 7.38. The minimum atomic E-state index is -0.210. The van der Waals surface area contributed by atoms with Crippen LogP contribution in [0.4, 0.5) is 4.79 Å². The minimum Gasteiger partial charge on any atom is -0.444 e. The van der Waals surface area contributed by atoms with Gasteiger partial charge < -0.3 is 15.1 Å². The zero-order valence-corrected chi connectivity index (χ0v) is 12.7. The summed E-state index contributed by atoms with van der Waals surface area (Å²) in [4.78, 5) is 16.2. The molecule has 0 fully saturated rings. The molecule has 1 atom stereocenters. The number of hydrogen-bond donors (Lipinski definition) is 2. The van der Waals surface area contributed by atoms with E-state index in [1.165, 1.54) is 0 Å². The Hall–Kier alpha value is -2.56. The number of rotatable bonds is 7. The first kappa shape index (κ1) is 15.8. The predicted molar refractivity (Wildman–Crippen MR) is 86.2 cm³/mol. The van der Waals surface area contributed by atoms with Crippen molar-refractivity contribution in [2.24, 2.45) is 0 Å². The van der Waals surface area contributed by atoms with Gasteiger partial charge in [-0.3, -0.25) is 0 Å². The molecule has 1 aromatic carbocycles. The van der Waals surface area contributed by atoms with Crippen molar-refractivity contribution in [2.45, 2.75) is 32.4 Å². The Kier molecular flexibility index (Phi) is 5.77. The number of amides is 2. The van der Waals surface area contributed by atoms with Crippen LogP contribution in [0, 0.1) is 0 Å². The fourth-order valence-electron chi connectivity index (χ4n) is 2.04. The molecule has 5 nitrogen and oxygen atoms in total. The van der Waals surface area contributed by atoms with E-state index in [9.17, 15) is 4.79 Å². The summed E-state index contributed by atoms with van der Waals surface area (Å²) in [5.41, 5.74) is 1.60. The fourth-order valence-corrected chi connectivity index (χ4v) is 2.04. The van der Waals surface area contributed by atoms with Crippen LogP contribution in [-0.4, -0.2) is 17.1 Å². The molecule has 2 amide bonds. The van der Waals surface area contributed by atoms with Gasteiger partial charge in [-0.1, -0.05) is 31.2 Å². The maximum absolute atomic E-state index is 11.8. The third kappa shape index (κ3) is 4.48. The van der Waals surface area contributed by atoms with Crippen LogP contribution in [0.1, 0.15) is 25.5 Å². The summed E-state index contributed by atoms with van der Waals surface area (Å²) in [5.74, 6) is 0.552. The zero-order chi connectivity index (χ0) is 15.8. The monoisotopic (exact) mass is 299 g/mol. The Bertz CT molecular complexity index is 607. The lowest BCUT2D eigenvalue weighted by molar-refractivity contribution is 0.236. The largest absolute Gasteiger partial charge is 0.444 e. The van der Waals surface area contributed by atoms with Crippen LogP contribution in [0.2, 0.25) is 0 Å². The number of nitrogens with one attached hydrogen (secondary N) is 2. The third-order valence-electron chi connectivity index (χ3n) is 3.28. The summed E-state index contributed by atoms with van der Waals surface area (Å²) >= 11 is 0. The topological polar surface area (TPSA) is 67.2 Å². The molecule has 0 spiro atoms. The number of aromatic nitrogens is 1. The van der Waals surface area contributed by atoms with E-state index in [0.29, 0.717) is 18.1 Å². The Morgan fingerprint density at radius 3 is 2.86 bits per heavy atom. The Morgan fingerprint density at radius 1 is 1.41 bits per heavy atom. The highest BCUT2D eigenvalue weighted by Gasteiger charge is 2.10. The second kappa shape index (κ2) is 8.02. The smallest absolute Gasteiger partial charge is 0.315 e. The molecule has 0 unspecified atom stereocenters. The van der Waals surface area contributed by atoms with E-state index < -0.39 is 0 Å². The van der Waals surface area contributed by atoms with Gasteiger partial charge in [0.05, 0.1) is 12.2 Å². The quantitative estimate of drug-likeness (QED) is 0.769. The molecule has 116 valence electrons. The molecule has 2 aromatic rings. The molecular formula is C17H21N3O2. The summed E-state index contributed by atoms with van der Waals surface area (Å²) in [6, 6.07) is 9.54. The molecule has 1 aromatic heterocycles. The van der Waals surface area contributed by atoms with Gasteiger partial charge in [0, 0.05) is 11.6 Å². The van der Waals surface area contributed by atoms with Crippen LogP contribution in [0.15, 0.2) is 53.7 Å². The van der Waals surface area contributed by atoms with E-state index in [2.05, 4.69) is 22.2 Å². The Morgan fingerprint density at radius 2 is 2.18 bits per heavy atom. The molecule has 0 radical (unpaired) electrons. The lowest BCUT2D eigenvalue weighted by atomic mass is 10.1. The van der Waals surface area contributed by atoms with Crippen molar-refractivity contribution in [1.29, 1.82) is 0 Å². The van der Waals surface area contributed by atoms with Crippen molar-refractivity contribution in [3.8, 4) is 11.5 Å². The number of urea groups is 1. The molecule has 0 saturated carbocycles. The molecule has 0 aliphatic heterocycles. The molecule has 0 aliphatic rings. The van der Waals surface area contributed by atoms with Gasteiger partial charge in [0.2, 0.25) is 5.89 Å². The average molecular weight is 299 g/mol. The normalized spacial score (nSPS) is 11.7. The van der Waals surface area contributed by atoms with Crippen LogP contribution >= 0.6 is 0 Å². The molecule has 0 aliphatic carbocycles. The summed E-state index contributed by atoms with van der Waals surface area (Å²) in [6.07, 6.45) is 4.98. The van der Waals surface area contributed by atoms with Crippen molar-refractivity contribution in [2.75, 3.05) is 0 Å². The zero-order valence-electron chi connectivity index (χ0n) is 12.7. The highest BCUT2D eigenvalue weighted by Crippen LogP contribution is 2.17. The Balaban J connectivity index is 1.86. The van der Waals surface area contributed by atoms with E-state index in [1.807, 2.05) is 37.3 Å². The van der Waals surface area contributed by atoms with E-state index in [-0.39, 0.29) is 12.1 Å². The molecule has 2 N–H and O–H groups in total. The van der Waals surface area contributed by atoms with Gasteiger partial charge in [0.25, 0.3) is 0 Å². The second-order valence-corrected chi connectivity index (χ2v) is 4.97. The molecule has 0 bridgehead atoms. The molecular weight excluding hydrogens is 278 g/mol. The molecule has 0 saturated heterocycles. The van der Waals surface area contributed by atoms with E-state index in [1.54, 1.807) is 12.3 Å². The average Bonchev–Trinajstić information content (AvgIpc) is 3.02. The lowest BCUT2D eigenvalue weighted by Crippen LogP contribution is -2.41. The summed E-state index contributed by atoms with van der Waals surface area (Å²) < 4.78 is 5.43. The second-order valence-electron chi connectivity index (χ2n) is 4.97. The maximum Gasteiger partial charge on any atom is 0.315 e. The first-order chi connectivity index (χ1) is 10.7. The maximum atomic E-state index is 11.8. The predicted octanol–water partition coefficient (Wildman–Crippen LogP) is 3.50. The molecule has 22 heavy (non-hydrogen) atoms. The number of nitrogens with zero attached hydrogens (tertiary/aromatic N) is 1. The summed E-state index contributed by atoms with van der Waals surface area (Å²) in [7, 11) is 0. The lowest BCUT2D eigenvalue weighted by Gasteiger charge is -2.15. The van der Waals surface area contributed by atoms with Gasteiger partial charge in [0.15, 0.2) is 0 Å². The van der Waals surface area contributed by atoms with Gasteiger partial charge in [-0.05, 0) is 25.0 Å². The van der Waals surface area contributed by atoms with Gasteiger partial charge in [-0.25, -0.2) is 9.78 Å². The van der Waals surface area contributed by atoms with Crippen LogP contribution in [-0.2, 0) is 6.54 Å². The van der Waals surface area contributed by atoms with Crippen LogP contribution in [0.3, 0.4) is 0 Å². The molecule has 2 rings (SSSR count). The van der Waals surface area contributed by atoms with Crippen molar-refractivity contribution < 1.29 is 9.21 Å². The van der Waals surface area contributed by atoms with Gasteiger partial charge in [-0.2, -0.15) is 0 Å². The minimum absolute atomic E-state index is 0.106. The number of carbonyl (C=O) groups is 1. The Labute approximate surface area is 130 Å². The van der Waals surface area contributed by atoms with Crippen LogP contribution in [0.5, 0.6) is 0 Å². The van der Waals surface area contributed by atoms with Gasteiger partial charge >= 0.3 is 6.03 Å². The number of hydrogen-bond acceptors (Lipinski definition) is 3. The van der Waals surface area contributed by atoms with Crippen molar-refractivity contribution >= 4 is 6.03 Å². The highest BCUT2D eigenvalue weighted by atomic mass is 16.3. The van der Waals surface area contributed by atoms with E-state index in [4.69, 9.17) is 4.42 Å². The van der Waals surface area contributed by atoms with Crippen molar-refractivity contribution in [3.05, 3.63) is 54.9 Å². The summed E-state index contributed by atoms with van der Waals surface area (Å²) in [5, 5.41) is 5.68. The molecule has 1 heterocycles. The van der Waals surface area contributed by atoms with Crippen LogP contribution in [0.25, 0.3) is 11.5 Å². The van der Waals surface area contributed by atoms with E-state index in [0.717, 1.165) is 18.4 Å². The van der Waals surface area contributed by atoms with Gasteiger partial charge in [0.1, 0.15) is 6.26 Å². The summed E-state index contributed by atoms with van der Waals surface area (Å²) in [6.45, 7) is 6.04. The van der Waals surface area contributed by atoms with Crippen molar-refractivity contribution in [1.82, 2.24) is 15.6 Å². The van der Waals surface area contributed by atoms with Crippen LogP contribution < -0.4 is 10.6 Å². The van der Waals surface area contributed by atoms with Gasteiger partial charge in [-0.15, -0.1) is 6.58 Å². The number of benzene rings is 1. The molecule has 5 heteroatoms. The standard InChI is InChI=1S/C17H21N3O2/c1-3-8-14(4-2)20-17(21)18-11-15-12-22-16(19-15)13-9-6-5-7-10-13/h3,5-7,9-10,12,14H,1,4,8,11H2,2H3,(H2,18,20,21)/t14-/m1/s1. The first-order valence-electron chi connectivity index (χ1n) is 7.38. The highest BCUT2D eigenvalue weighted by molar-refractivity contribution is 5.74. The fraction of sp³-hybridized carbons (Fsp3) is 0.294. The third-order valence-corrected chi connectivity index (χ3v) is 3.28. The SMILES string of the molecule is C=CC[C@@H](CC)NC(=O)NCc1coc(-c2ccccc2)n1.